The molecule has 4 rings (SSSR count). The maximum absolute atomic E-state index is 12.5. The average molecular weight is 376 g/mol. The topological polar surface area (TPSA) is 85.2 Å². The summed E-state index contributed by atoms with van der Waals surface area (Å²) < 4.78 is 10.9. The number of nitrogens with one attached hydrogen (secondary N) is 1. The van der Waals surface area contributed by atoms with Crippen LogP contribution in [-0.4, -0.2) is 9.97 Å². The van der Waals surface area contributed by atoms with Crippen molar-refractivity contribution < 1.29 is 9.15 Å². The molecule has 2 aromatic heterocycles. The first-order valence-corrected chi connectivity index (χ1v) is 9.26. The fraction of sp³-hybridized carbons (Fsp3) is 0.227. The van der Waals surface area contributed by atoms with E-state index in [4.69, 9.17) is 9.15 Å². The third-order valence-electron chi connectivity index (χ3n) is 4.86. The standard InChI is InChI=1S/C22H20N2O4/c1-2-14-12-18(25)28-21-19(14)20(26)23-22(24-21)27-13-16-10-6-7-11-17(16)15-8-4-3-5-9-15/h3-8,10-12,15H,2,9,13H2,1H3,(H,23,24,26). The fourth-order valence-corrected chi connectivity index (χ4v) is 3.46. The van der Waals surface area contributed by atoms with Gasteiger partial charge in [0.15, 0.2) is 0 Å². The molecule has 1 aromatic carbocycles. The molecule has 1 atom stereocenters. The SMILES string of the molecule is CCc1cc(=O)oc2nc(OCc3ccccc3C3C=CC=CC3)[nH]c(=O)c12. The zero-order chi connectivity index (χ0) is 19.5. The molecule has 0 fully saturated rings. The van der Waals surface area contributed by atoms with Gasteiger partial charge in [0, 0.05) is 12.0 Å². The van der Waals surface area contributed by atoms with Crippen LogP contribution in [0.3, 0.4) is 0 Å². The Hall–Kier alpha value is -3.41. The molecule has 0 saturated carbocycles. The van der Waals surface area contributed by atoms with Crippen molar-refractivity contribution in [2.75, 3.05) is 0 Å². The Morgan fingerprint density at radius 2 is 2.07 bits per heavy atom. The maximum atomic E-state index is 12.5. The fourth-order valence-electron chi connectivity index (χ4n) is 3.46. The van der Waals surface area contributed by atoms with Gasteiger partial charge >= 0.3 is 5.63 Å². The number of ether oxygens (including phenoxy) is 1. The van der Waals surface area contributed by atoms with Crippen molar-refractivity contribution in [3.63, 3.8) is 0 Å². The zero-order valence-corrected chi connectivity index (χ0v) is 15.5. The zero-order valence-electron chi connectivity index (χ0n) is 15.5. The lowest BCUT2D eigenvalue weighted by atomic mass is 9.89. The summed E-state index contributed by atoms with van der Waals surface area (Å²) in [7, 11) is 0. The van der Waals surface area contributed by atoms with E-state index in [0.717, 1.165) is 12.0 Å². The number of benzene rings is 1. The number of aryl methyl sites for hydroxylation is 1. The number of hydrogen-bond acceptors (Lipinski definition) is 5. The summed E-state index contributed by atoms with van der Waals surface area (Å²) in [4.78, 5) is 31.0. The van der Waals surface area contributed by atoms with Crippen molar-refractivity contribution in [1.82, 2.24) is 9.97 Å². The Morgan fingerprint density at radius 3 is 2.86 bits per heavy atom. The van der Waals surface area contributed by atoms with Gasteiger partial charge in [-0.05, 0) is 29.5 Å². The molecule has 3 aromatic rings. The van der Waals surface area contributed by atoms with Gasteiger partial charge in [0.25, 0.3) is 11.6 Å². The van der Waals surface area contributed by atoms with Crippen LogP contribution in [0.4, 0.5) is 0 Å². The number of allylic oxidation sites excluding steroid dienone is 4. The number of nitrogens with zero attached hydrogens (tertiary/aromatic N) is 1. The minimum atomic E-state index is -0.532. The van der Waals surface area contributed by atoms with Gasteiger partial charge in [-0.3, -0.25) is 9.78 Å². The van der Waals surface area contributed by atoms with E-state index in [0.29, 0.717) is 17.9 Å². The van der Waals surface area contributed by atoms with Crippen LogP contribution in [0.15, 0.2) is 68.6 Å². The molecule has 2 heterocycles. The Morgan fingerprint density at radius 1 is 1.21 bits per heavy atom. The van der Waals surface area contributed by atoms with E-state index in [1.165, 1.54) is 11.6 Å². The lowest BCUT2D eigenvalue weighted by Crippen LogP contribution is -2.15. The van der Waals surface area contributed by atoms with Crippen LogP contribution < -0.4 is 15.9 Å². The molecule has 0 saturated heterocycles. The van der Waals surface area contributed by atoms with Crippen LogP contribution in [0.25, 0.3) is 11.1 Å². The molecule has 6 nitrogen and oxygen atoms in total. The van der Waals surface area contributed by atoms with Crippen LogP contribution in [0.2, 0.25) is 0 Å². The lowest BCUT2D eigenvalue weighted by Gasteiger charge is -2.17. The third-order valence-corrected chi connectivity index (χ3v) is 4.86. The summed E-state index contributed by atoms with van der Waals surface area (Å²) in [6.07, 6.45) is 9.85. The molecule has 0 radical (unpaired) electrons. The summed E-state index contributed by atoms with van der Waals surface area (Å²) >= 11 is 0. The predicted octanol–water partition coefficient (Wildman–Crippen LogP) is 3.62. The number of aromatic amines is 1. The van der Waals surface area contributed by atoms with Crippen molar-refractivity contribution >= 4 is 11.1 Å². The molecular formula is C22H20N2O4. The Balaban J connectivity index is 1.64. The molecule has 6 heteroatoms. The van der Waals surface area contributed by atoms with E-state index >= 15 is 0 Å². The summed E-state index contributed by atoms with van der Waals surface area (Å²) in [6.45, 7) is 2.11. The Bertz CT molecular complexity index is 1190. The first kappa shape index (κ1) is 18.0. The van der Waals surface area contributed by atoms with E-state index in [1.54, 1.807) is 0 Å². The Kier molecular flexibility index (Phi) is 4.93. The minimum Gasteiger partial charge on any atom is -0.460 e. The van der Waals surface area contributed by atoms with E-state index in [1.807, 2.05) is 37.3 Å². The molecule has 0 aliphatic heterocycles. The van der Waals surface area contributed by atoms with Crippen LogP contribution >= 0.6 is 0 Å². The molecule has 0 amide bonds. The number of hydrogen-bond donors (Lipinski definition) is 1. The number of H-pyrrole nitrogens is 1. The van der Waals surface area contributed by atoms with Crippen LogP contribution in [-0.2, 0) is 13.0 Å². The largest absolute Gasteiger partial charge is 0.460 e. The van der Waals surface area contributed by atoms with E-state index in [9.17, 15) is 9.59 Å². The molecule has 142 valence electrons. The van der Waals surface area contributed by atoms with Gasteiger partial charge in [0.1, 0.15) is 12.0 Å². The van der Waals surface area contributed by atoms with Crippen molar-refractivity contribution in [2.24, 2.45) is 0 Å². The van der Waals surface area contributed by atoms with Gasteiger partial charge in [0.2, 0.25) is 5.71 Å². The van der Waals surface area contributed by atoms with Gasteiger partial charge in [-0.25, -0.2) is 4.79 Å². The van der Waals surface area contributed by atoms with Crippen LogP contribution in [0.5, 0.6) is 6.01 Å². The Labute approximate surface area is 161 Å². The van der Waals surface area contributed by atoms with Crippen LogP contribution in [0.1, 0.15) is 36.0 Å². The summed E-state index contributed by atoms with van der Waals surface area (Å²) in [5.74, 6) is 0.290. The highest BCUT2D eigenvalue weighted by molar-refractivity contribution is 5.75. The molecule has 1 aliphatic rings. The minimum absolute atomic E-state index is 0.00302. The second-order valence-corrected chi connectivity index (χ2v) is 6.64. The summed E-state index contributed by atoms with van der Waals surface area (Å²) in [5, 5.41) is 0.286. The van der Waals surface area contributed by atoms with E-state index < -0.39 is 5.63 Å². The van der Waals surface area contributed by atoms with Gasteiger partial charge in [0.05, 0.1) is 0 Å². The first-order valence-electron chi connectivity index (χ1n) is 9.26. The lowest BCUT2D eigenvalue weighted by molar-refractivity contribution is 0.278. The molecule has 0 bridgehead atoms. The quantitative estimate of drug-likeness (QED) is 0.735. The van der Waals surface area contributed by atoms with Crippen LogP contribution in [0, 0.1) is 0 Å². The summed E-state index contributed by atoms with van der Waals surface area (Å²) in [6, 6.07) is 9.38. The molecule has 1 N–H and O–H groups in total. The van der Waals surface area contributed by atoms with E-state index in [-0.39, 0.29) is 29.3 Å². The monoisotopic (exact) mass is 376 g/mol. The van der Waals surface area contributed by atoms with Gasteiger partial charge in [-0.2, -0.15) is 4.98 Å². The highest BCUT2D eigenvalue weighted by Gasteiger charge is 2.15. The molecule has 1 aliphatic carbocycles. The third kappa shape index (κ3) is 3.53. The molecule has 28 heavy (non-hydrogen) atoms. The number of aromatic nitrogens is 2. The summed E-state index contributed by atoms with van der Waals surface area (Å²) in [5.41, 5.74) is 1.88. The average Bonchev–Trinajstić information content (AvgIpc) is 2.72. The van der Waals surface area contributed by atoms with Gasteiger partial charge in [-0.15, -0.1) is 0 Å². The van der Waals surface area contributed by atoms with Crippen molar-refractivity contribution in [2.45, 2.75) is 32.3 Å². The van der Waals surface area contributed by atoms with Gasteiger partial charge < -0.3 is 9.15 Å². The number of rotatable bonds is 5. The van der Waals surface area contributed by atoms with Gasteiger partial charge in [-0.1, -0.05) is 55.5 Å². The smallest absolute Gasteiger partial charge is 0.337 e. The van der Waals surface area contributed by atoms with Crippen molar-refractivity contribution in [3.05, 3.63) is 92.1 Å². The first-order chi connectivity index (χ1) is 13.7. The number of fused-ring (bicyclic) bond motifs is 1. The normalized spacial score (nSPS) is 15.8. The maximum Gasteiger partial charge on any atom is 0.337 e. The van der Waals surface area contributed by atoms with Crippen molar-refractivity contribution in [1.29, 1.82) is 0 Å². The van der Waals surface area contributed by atoms with Crippen molar-refractivity contribution in [3.8, 4) is 6.01 Å². The second-order valence-electron chi connectivity index (χ2n) is 6.64. The highest BCUT2D eigenvalue weighted by Crippen LogP contribution is 2.28. The molecular weight excluding hydrogens is 356 g/mol. The predicted molar refractivity (Wildman–Crippen MR) is 107 cm³/mol. The van der Waals surface area contributed by atoms with E-state index in [2.05, 4.69) is 28.2 Å². The molecule has 0 spiro atoms. The highest BCUT2D eigenvalue weighted by atomic mass is 16.5. The molecule has 1 unspecified atom stereocenters. The second kappa shape index (κ2) is 7.68.